The number of hydrogen-bond donors (Lipinski definition) is 5. The second-order valence-corrected chi connectivity index (χ2v) is 18.5. The number of ether oxygens (including phenoxy) is 1. The van der Waals surface area contributed by atoms with Crippen LogP contribution < -0.4 is 10.6 Å². The molecule has 0 fully saturated rings. The van der Waals surface area contributed by atoms with Crippen LogP contribution in [0.2, 0.25) is 10.0 Å². The van der Waals surface area contributed by atoms with Gasteiger partial charge in [-0.25, -0.2) is 0 Å². The zero-order valence-corrected chi connectivity index (χ0v) is 38.5. The van der Waals surface area contributed by atoms with Crippen LogP contribution in [-0.4, -0.2) is 80.3 Å². The Kier molecular flexibility index (Phi) is 16.2. The van der Waals surface area contributed by atoms with E-state index >= 15 is 0 Å². The predicted octanol–water partition coefficient (Wildman–Crippen LogP) is 6.40. The number of nitrogens with one attached hydrogen (secondary N) is 2. The third-order valence-corrected chi connectivity index (χ3v) is 13.9. The van der Waals surface area contributed by atoms with Gasteiger partial charge in [0.05, 0.1) is 13.1 Å². The first-order valence-electron chi connectivity index (χ1n) is 20.8. The second-order valence-electron chi connectivity index (χ2n) is 15.7. The van der Waals surface area contributed by atoms with Gasteiger partial charge in [-0.15, -0.1) is 22.7 Å². The molecular formula is C49H48Cl2N4O8S2. The summed E-state index contributed by atoms with van der Waals surface area (Å²) in [4.78, 5) is 55.2. The molecule has 5 N–H and O–H groups in total. The molecule has 12 nitrogen and oxygen atoms in total. The molecule has 8 rings (SSSR count). The highest BCUT2D eigenvalue weighted by atomic mass is 35.5. The molecule has 65 heavy (non-hydrogen) atoms. The van der Waals surface area contributed by atoms with Crippen molar-refractivity contribution in [2.24, 2.45) is 0 Å². The van der Waals surface area contributed by atoms with Crippen LogP contribution in [0.4, 0.5) is 0 Å². The number of hydrogen-bond acceptors (Lipinski definition) is 10. The number of rotatable bonds is 15. The van der Waals surface area contributed by atoms with Crippen LogP contribution in [-0.2, 0) is 76.0 Å². The summed E-state index contributed by atoms with van der Waals surface area (Å²) in [6.07, 6.45) is -5.14. The molecule has 0 aliphatic carbocycles. The van der Waals surface area contributed by atoms with E-state index in [2.05, 4.69) is 10.6 Å². The van der Waals surface area contributed by atoms with Crippen LogP contribution >= 0.6 is 45.9 Å². The van der Waals surface area contributed by atoms with Crippen LogP contribution in [0.1, 0.15) is 54.3 Å². The summed E-state index contributed by atoms with van der Waals surface area (Å²) >= 11 is 15.5. The van der Waals surface area contributed by atoms with Gasteiger partial charge in [0.25, 0.3) is 23.6 Å². The summed E-state index contributed by atoms with van der Waals surface area (Å²) in [6.45, 7) is 2.00. The highest BCUT2D eigenvalue weighted by molar-refractivity contribution is 7.10. The Hall–Kier alpha value is -5.42. The molecule has 2 aliphatic rings. The largest absolute Gasteiger partial charge is 0.380 e. The molecule has 2 aromatic heterocycles. The predicted molar refractivity (Wildman–Crippen MR) is 251 cm³/mol. The first-order valence-corrected chi connectivity index (χ1v) is 23.3. The Labute approximate surface area is 395 Å². The Morgan fingerprint density at radius 2 is 0.969 bits per heavy atom. The minimum absolute atomic E-state index is 0.194. The van der Waals surface area contributed by atoms with E-state index in [4.69, 9.17) is 27.9 Å². The summed E-state index contributed by atoms with van der Waals surface area (Å²) in [7, 11) is 1.31. The lowest BCUT2D eigenvalue weighted by molar-refractivity contribution is -0.155. The van der Waals surface area contributed by atoms with Crippen molar-refractivity contribution in [3.8, 4) is 0 Å². The van der Waals surface area contributed by atoms with Crippen molar-refractivity contribution >= 4 is 69.5 Å². The van der Waals surface area contributed by atoms with Crippen LogP contribution in [0, 0.1) is 0 Å². The van der Waals surface area contributed by atoms with Gasteiger partial charge in [0, 0.05) is 53.1 Å². The van der Waals surface area contributed by atoms with E-state index in [1.54, 1.807) is 0 Å². The number of thiophene rings is 2. The molecule has 16 heteroatoms. The van der Waals surface area contributed by atoms with E-state index in [-0.39, 0.29) is 13.1 Å². The standard InChI is InChI=1S/C25H25ClN2O4S.C24H23ClN2O4S/c1-32-23(22(29)25(31)28-13-18-7-2-3-8-19(18)14-28)24(30)27-12-20-11-16(15-33-20)10-17-6-4-5-9-21(17)26;25-20-8-4-3-5-16(20)9-15-10-19(32-14-15)11-26-23(30)21(28)22(29)24(31)27-12-17-6-1-2-7-18(17)13-27/h2-9,11,15,22-23,29H,10,12-14H2,1H3,(H,27,30);1-8,10,14,21-22,28-29H,9,11-13H2,(H,26,30)/t22-,23-;21-,22-/m11/s1. The van der Waals surface area contributed by atoms with E-state index in [0.717, 1.165) is 59.3 Å². The number of halogens is 2. The molecule has 4 heterocycles. The van der Waals surface area contributed by atoms with Crippen molar-refractivity contribution in [1.82, 2.24) is 20.4 Å². The van der Waals surface area contributed by atoms with E-state index < -0.39 is 48.0 Å². The third-order valence-electron chi connectivity index (χ3n) is 11.2. The number of nitrogens with zero attached hydrogens (tertiary/aromatic N) is 2. The molecular weight excluding hydrogens is 908 g/mol. The lowest BCUT2D eigenvalue weighted by atomic mass is 10.1. The van der Waals surface area contributed by atoms with Crippen molar-refractivity contribution in [1.29, 1.82) is 0 Å². The van der Waals surface area contributed by atoms with Crippen LogP contribution in [0.3, 0.4) is 0 Å². The topological polar surface area (TPSA) is 169 Å². The average Bonchev–Trinajstić information content (AvgIpc) is 4.15. The molecule has 4 atom stereocenters. The maximum absolute atomic E-state index is 12.8. The summed E-state index contributed by atoms with van der Waals surface area (Å²) in [5.41, 5.74) is 8.31. The fourth-order valence-corrected chi connectivity index (χ4v) is 9.70. The van der Waals surface area contributed by atoms with Gasteiger partial charge >= 0.3 is 0 Å². The molecule has 0 radical (unpaired) electrons. The number of aliphatic hydroxyl groups excluding tert-OH is 3. The summed E-state index contributed by atoms with van der Waals surface area (Å²) in [5, 5.41) is 41.9. The maximum atomic E-state index is 12.8. The average molecular weight is 956 g/mol. The van der Waals surface area contributed by atoms with Gasteiger partial charge in [-0.3, -0.25) is 19.2 Å². The van der Waals surface area contributed by atoms with Crippen LogP contribution in [0.25, 0.3) is 0 Å². The third kappa shape index (κ3) is 12.1. The lowest BCUT2D eigenvalue weighted by Gasteiger charge is -2.24. The van der Waals surface area contributed by atoms with Gasteiger partial charge < -0.3 is 40.5 Å². The second kappa shape index (κ2) is 22.2. The molecule has 4 amide bonds. The van der Waals surface area contributed by atoms with E-state index in [1.807, 2.05) is 120 Å². The quantitative estimate of drug-likeness (QED) is 0.0789. The molecule has 0 bridgehead atoms. The summed E-state index contributed by atoms with van der Waals surface area (Å²) in [6, 6.07) is 34.6. The molecule has 0 spiro atoms. The Bertz CT molecular complexity index is 2590. The maximum Gasteiger partial charge on any atom is 0.255 e. The normalized spacial score (nSPS) is 14.6. The summed E-state index contributed by atoms with van der Waals surface area (Å²) < 4.78 is 5.20. The lowest BCUT2D eigenvalue weighted by Crippen LogP contribution is -2.50. The number of carbonyl (C=O) groups is 4. The minimum Gasteiger partial charge on any atom is -0.380 e. The van der Waals surface area contributed by atoms with Gasteiger partial charge in [-0.2, -0.15) is 0 Å². The van der Waals surface area contributed by atoms with Crippen molar-refractivity contribution in [2.45, 2.75) is 76.5 Å². The van der Waals surface area contributed by atoms with Crippen molar-refractivity contribution in [2.75, 3.05) is 7.11 Å². The van der Waals surface area contributed by atoms with Gasteiger partial charge in [0.2, 0.25) is 0 Å². The van der Waals surface area contributed by atoms with Crippen LogP contribution in [0.5, 0.6) is 0 Å². The Morgan fingerprint density at radius 1 is 0.585 bits per heavy atom. The number of aliphatic hydroxyl groups is 3. The van der Waals surface area contributed by atoms with Crippen molar-refractivity contribution in [3.05, 3.63) is 184 Å². The van der Waals surface area contributed by atoms with Gasteiger partial charge in [0.1, 0.15) is 0 Å². The van der Waals surface area contributed by atoms with Gasteiger partial charge in [0.15, 0.2) is 24.4 Å². The van der Waals surface area contributed by atoms with Crippen LogP contribution in [0.15, 0.2) is 120 Å². The first-order chi connectivity index (χ1) is 31.4. The zero-order valence-electron chi connectivity index (χ0n) is 35.4. The highest BCUT2D eigenvalue weighted by Gasteiger charge is 2.37. The Balaban J connectivity index is 0.000000194. The minimum atomic E-state index is -1.84. The van der Waals surface area contributed by atoms with E-state index in [1.165, 1.54) is 39.6 Å². The molecule has 0 saturated carbocycles. The number of amides is 4. The number of fused-ring (bicyclic) bond motifs is 2. The summed E-state index contributed by atoms with van der Waals surface area (Å²) in [5.74, 6) is -2.51. The van der Waals surface area contributed by atoms with Gasteiger partial charge in [-0.05, 0) is 92.4 Å². The molecule has 338 valence electrons. The molecule has 0 unspecified atom stereocenters. The zero-order chi connectivity index (χ0) is 46.0. The fourth-order valence-electron chi connectivity index (χ4n) is 7.64. The van der Waals surface area contributed by atoms with Gasteiger partial charge in [-0.1, -0.05) is 108 Å². The molecule has 2 aliphatic heterocycles. The van der Waals surface area contributed by atoms with E-state index in [9.17, 15) is 34.5 Å². The smallest absolute Gasteiger partial charge is 0.255 e. The first kappa shape index (κ1) is 47.5. The fraction of sp³-hybridized carbons (Fsp3) is 0.265. The molecule has 4 aromatic carbocycles. The van der Waals surface area contributed by atoms with Crippen molar-refractivity contribution < 1.29 is 39.2 Å². The number of methoxy groups -OCH3 is 1. The molecule has 0 saturated heterocycles. The monoisotopic (exact) mass is 954 g/mol. The van der Waals surface area contributed by atoms with Crippen molar-refractivity contribution in [3.63, 3.8) is 0 Å². The van der Waals surface area contributed by atoms with E-state index in [0.29, 0.717) is 44.0 Å². The number of carbonyl (C=O) groups excluding carboxylic acids is 4. The molecule has 6 aromatic rings. The Morgan fingerprint density at radius 3 is 1.38 bits per heavy atom. The highest BCUT2D eigenvalue weighted by Crippen LogP contribution is 2.27. The SMILES string of the molecule is CO[C@@H](C(=O)NCc1cc(Cc2ccccc2Cl)cs1)[C@@H](O)C(=O)N1Cc2ccccc2C1.O=C(NCc1cc(Cc2ccccc2Cl)cs1)[C@H](O)[C@@H](O)C(=O)N1Cc2ccccc2C1. The number of benzene rings is 4.